The van der Waals surface area contributed by atoms with E-state index in [-0.39, 0.29) is 5.69 Å². The Labute approximate surface area is 180 Å². The van der Waals surface area contributed by atoms with Gasteiger partial charge < -0.3 is 4.90 Å². The molecule has 2 aromatic rings. The Kier molecular flexibility index (Phi) is 6.83. The SMILES string of the molecule is CCCN(CCC)c1ccc(/C=C2/C(=O)N(c3cccc(C(F)(F)F)c3)N=C2C)cc1. The smallest absolute Gasteiger partial charge is 0.372 e. The van der Waals surface area contributed by atoms with Crippen LogP contribution in [0, 0.1) is 0 Å². The van der Waals surface area contributed by atoms with E-state index in [1.165, 1.54) is 12.1 Å². The first kappa shape index (κ1) is 22.6. The van der Waals surface area contributed by atoms with E-state index in [9.17, 15) is 18.0 Å². The summed E-state index contributed by atoms with van der Waals surface area (Å²) < 4.78 is 39.1. The number of amides is 1. The first-order valence-electron chi connectivity index (χ1n) is 10.4. The van der Waals surface area contributed by atoms with Crippen molar-refractivity contribution < 1.29 is 18.0 Å². The second-order valence-corrected chi connectivity index (χ2v) is 7.49. The molecule has 7 heteroatoms. The molecule has 1 amide bonds. The maximum Gasteiger partial charge on any atom is 0.416 e. The maximum absolute atomic E-state index is 13.0. The summed E-state index contributed by atoms with van der Waals surface area (Å²) in [6.45, 7) is 7.92. The van der Waals surface area contributed by atoms with E-state index in [2.05, 4.69) is 23.8 Å². The van der Waals surface area contributed by atoms with Crippen LogP contribution in [0.1, 0.15) is 44.7 Å². The molecule has 0 unspecified atom stereocenters. The molecule has 0 fully saturated rings. The third-order valence-corrected chi connectivity index (χ3v) is 5.04. The molecule has 164 valence electrons. The molecule has 1 heterocycles. The average molecular weight is 429 g/mol. The monoisotopic (exact) mass is 429 g/mol. The molecule has 0 spiro atoms. The number of benzene rings is 2. The number of hydrazone groups is 1. The van der Waals surface area contributed by atoms with E-state index in [0.29, 0.717) is 11.3 Å². The molecular weight excluding hydrogens is 403 g/mol. The van der Waals surface area contributed by atoms with Gasteiger partial charge in [-0.2, -0.15) is 23.3 Å². The summed E-state index contributed by atoms with van der Waals surface area (Å²) in [4.78, 5) is 15.2. The Morgan fingerprint density at radius 1 is 1.03 bits per heavy atom. The van der Waals surface area contributed by atoms with Crippen LogP contribution in [-0.2, 0) is 11.0 Å². The fraction of sp³-hybridized carbons (Fsp3) is 0.333. The van der Waals surface area contributed by atoms with Gasteiger partial charge in [-0.15, -0.1) is 0 Å². The van der Waals surface area contributed by atoms with E-state index >= 15 is 0 Å². The van der Waals surface area contributed by atoms with Gasteiger partial charge in [0, 0.05) is 18.8 Å². The fourth-order valence-electron chi connectivity index (χ4n) is 3.53. The normalized spacial score (nSPS) is 15.5. The van der Waals surface area contributed by atoms with Gasteiger partial charge >= 0.3 is 6.18 Å². The minimum absolute atomic E-state index is 0.0905. The van der Waals surface area contributed by atoms with Crippen LogP contribution in [0.2, 0.25) is 0 Å². The van der Waals surface area contributed by atoms with E-state index in [0.717, 1.165) is 54.3 Å². The summed E-state index contributed by atoms with van der Waals surface area (Å²) in [5.41, 5.74) is 2.06. The molecule has 1 aliphatic heterocycles. The largest absolute Gasteiger partial charge is 0.416 e. The van der Waals surface area contributed by atoms with Crippen molar-refractivity contribution in [3.8, 4) is 0 Å². The topological polar surface area (TPSA) is 35.9 Å². The second kappa shape index (κ2) is 9.37. The lowest BCUT2D eigenvalue weighted by Gasteiger charge is -2.23. The van der Waals surface area contributed by atoms with Crippen LogP contribution >= 0.6 is 0 Å². The molecule has 3 rings (SSSR count). The zero-order chi connectivity index (χ0) is 22.6. The lowest BCUT2D eigenvalue weighted by atomic mass is 10.1. The summed E-state index contributed by atoms with van der Waals surface area (Å²) in [7, 11) is 0. The molecule has 0 aromatic heterocycles. The number of halogens is 3. The van der Waals surface area contributed by atoms with Gasteiger partial charge in [-0.05, 0) is 61.7 Å². The van der Waals surface area contributed by atoms with Crippen molar-refractivity contribution in [2.24, 2.45) is 5.10 Å². The number of nitrogens with zero attached hydrogens (tertiary/aromatic N) is 3. The Bertz CT molecular complexity index is 988. The molecule has 0 saturated heterocycles. The Morgan fingerprint density at radius 3 is 2.26 bits per heavy atom. The number of anilines is 2. The van der Waals surface area contributed by atoms with E-state index < -0.39 is 17.6 Å². The molecule has 0 saturated carbocycles. The predicted octanol–water partition coefficient (Wildman–Crippen LogP) is 6.14. The summed E-state index contributed by atoms with van der Waals surface area (Å²) in [5.74, 6) is -0.445. The van der Waals surface area contributed by atoms with Gasteiger partial charge in [-0.25, -0.2) is 0 Å². The van der Waals surface area contributed by atoms with Gasteiger partial charge in [0.1, 0.15) is 0 Å². The van der Waals surface area contributed by atoms with Crippen LogP contribution in [-0.4, -0.2) is 24.7 Å². The molecule has 31 heavy (non-hydrogen) atoms. The second-order valence-electron chi connectivity index (χ2n) is 7.49. The van der Waals surface area contributed by atoms with Crippen molar-refractivity contribution in [3.63, 3.8) is 0 Å². The number of carbonyl (C=O) groups is 1. The van der Waals surface area contributed by atoms with Crippen molar-refractivity contribution in [1.82, 2.24) is 0 Å². The number of hydrogen-bond donors (Lipinski definition) is 0. The summed E-state index contributed by atoms with van der Waals surface area (Å²) >= 11 is 0. The third-order valence-electron chi connectivity index (χ3n) is 5.04. The number of hydrogen-bond acceptors (Lipinski definition) is 3. The predicted molar refractivity (Wildman–Crippen MR) is 119 cm³/mol. The first-order chi connectivity index (χ1) is 14.7. The highest BCUT2D eigenvalue weighted by Crippen LogP contribution is 2.33. The Hall–Kier alpha value is -3.09. The maximum atomic E-state index is 13.0. The average Bonchev–Trinajstić information content (AvgIpc) is 3.02. The zero-order valence-electron chi connectivity index (χ0n) is 17.9. The van der Waals surface area contributed by atoms with Gasteiger partial charge in [-0.1, -0.05) is 32.0 Å². The van der Waals surface area contributed by atoms with Gasteiger partial charge in [0.05, 0.1) is 22.5 Å². The molecule has 0 radical (unpaired) electrons. The van der Waals surface area contributed by atoms with E-state index in [1.54, 1.807) is 13.0 Å². The van der Waals surface area contributed by atoms with Crippen molar-refractivity contribution in [2.75, 3.05) is 23.0 Å². The van der Waals surface area contributed by atoms with Crippen LogP contribution in [0.4, 0.5) is 24.5 Å². The Balaban J connectivity index is 1.83. The number of rotatable bonds is 7. The number of carbonyl (C=O) groups excluding carboxylic acids is 1. The summed E-state index contributed by atoms with van der Waals surface area (Å²) in [5, 5.41) is 5.21. The Morgan fingerprint density at radius 2 is 1.68 bits per heavy atom. The summed E-state index contributed by atoms with van der Waals surface area (Å²) in [6.07, 6.45) is -0.646. The van der Waals surface area contributed by atoms with Gasteiger partial charge in [0.25, 0.3) is 5.91 Å². The van der Waals surface area contributed by atoms with E-state index in [4.69, 9.17) is 0 Å². The van der Waals surface area contributed by atoms with Crippen molar-refractivity contribution in [3.05, 3.63) is 65.2 Å². The van der Waals surface area contributed by atoms with Gasteiger partial charge in [-0.3, -0.25) is 4.79 Å². The first-order valence-corrected chi connectivity index (χ1v) is 10.4. The van der Waals surface area contributed by atoms with Crippen molar-refractivity contribution in [1.29, 1.82) is 0 Å². The molecule has 1 aliphatic rings. The lowest BCUT2D eigenvalue weighted by Crippen LogP contribution is -2.24. The highest BCUT2D eigenvalue weighted by Gasteiger charge is 2.33. The zero-order valence-corrected chi connectivity index (χ0v) is 17.9. The van der Waals surface area contributed by atoms with Crippen LogP contribution in [0.3, 0.4) is 0 Å². The van der Waals surface area contributed by atoms with Gasteiger partial charge in [0.15, 0.2) is 0 Å². The molecule has 4 nitrogen and oxygen atoms in total. The molecule has 2 aromatic carbocycles. The quantitative estimate of drug-likeness (QED) is 0.496. The van der Waals surface area contributed by atoms with Crippen molar-refractivity contribution >= 4 is 29.1 Å². The van der Waals surface area contributed by atoms with E-state index in [1.807, 2.05) is 24.3 Å². The molecular formula is C24H26F3N3O. The van der Waals surface area contributed by atoms with Crippen LogP contribution in [0.5, 0.6) is 0 Å². The summed E-state index contributed by atoms with van der Waals surface area (Å²) in [6, 6.07) is 12.5. The van der Waals surface area contributed by atoms with Gasteiger partial charge in [0.2, 0.25) is 0 Å². The molecule has 0 aliphatic carbocycles. The van der Waals surface area contributed by atoms with Crippen LogP contribution < -0.4 is 9.91 Å². The number of alkyl halides is 3. The van der Waals surface area contributed by atoms with Crippen LogP contribution in [0.25, 0.3) is 6.08 Å². The standard InChI is InChI=1S/C24H26F3N3O/c1-4-13-29(14-5-2)20-11-9-18(10-12-20)15-22-17(3)28-30(23(22)31)21-8-6-7-19(16-21)24(25,26)27/h6-12,15-16H,4-5,13-14H2,1-3H3/b22-15+. The molecule has 0 bridgehead atoms. The molecule has 0 atom stereocenters. The lowest BCUT2D eigenvalue weighted by molar-refractivity contribution is -0.137. The van der Waals surface area contributed by atoms with Crippen molar-refractivity contribution in [2.45, 2.75) is 39.8 Å². The minimum Gasteiger partial charge on any atom is -0.372 e. The highest BCUT2D eigenvalue weighted by molar-refractivity contribution is 6.32. The minimum atomic E-state index is -4.48. The fourth-order valence-corrected chi connectivity index (χ4v) is 3.53. The third kappa shape index (κ3) is 5.16. The highest BCUT2D eigenvalue weighted by atomic mass is 19.4. The molecule has 0 N–H and O–H groups in total. The van der Waals surface area contributed by atoms with Crippen LogP contribution in [0.15, 0.2) is 59.2 Å².